The molecule has 1 N–H and O–H groups in total. The lowest BCUT2D eigenvalue weighted by Gasteiger charge is -2.10. The van der Waals surface area contributed by atoms with Gasteiger partial charge in [-0.05, 0) is 25.5 Å². The lowest BCUT2D eigenvalue weighted by atomic mass is 10.1. The Balaban J connectivity index is 1.73. The molecule has 0 unspecified atom stereocenters. The van der Waals surface area contributed by atoms with Crippen LogP contribution >= 0.6 is 11.8 Å². The van der Waals surface area contributed by atoms with Gasteiger partial charge in [0.15, 0.2) is 5.16 Å². The molecule has 0 aliphatic heterocycles. The van der Waals surface area contributed by atoms with Crippen molar-refractivity contribution in [2.75, 3.05) is 11.1 Å². The van der Waals surface area contributed by atoms with Crippen molar-refractivity contribution in [1.29, 1.82) is 0 Å². The molecule has 1 amide bonds. The zero-order valence-corrected chi connectivity index (χ0v) is 16.3. The maximum atomic E-state index is 12.3. The van der Waals surface area contributed by atoms with Gasteiger partial charge in [0.05, 0.1) is 17.6 Å². The van der Waals surface area contributed by atoms with Crippen molar-refractivity contribution in [3.8, 4) is 11.3 Å². The summed E-state index contributed by atoms with van der Waals surface area (Å²) in [5.74, 6) is -0.0961. The molecule has 0 saturated heterocycles. The minimum Gasteiger partial charge on any atom is -0.325 e. The molecular formula is C21H21N3O2S. The van der Waals surface area contributed by atoms with E-state index in [1.54, 1.807) is 10.8 Å². The van der Waals surface area contributed by atoms with Crippen molar-refractivity contribution >= 4 is 29.3 Å². The molecule has 0 fully saturated rings. The second kappa shape index (κ2) is 8.22. The molecule has 3 rings (SSSR count). The van der Waals surface area contributed by atoms with Crippen LogP contribution in [-0.2, 0) is 4.79 Å². The molecule has 2 aromatic carbocycles. The van der Waals surface area contributed by atoms with Crippen LogP contribution in [0.15, 0.2) is 59.9 Å². The number of benzene rings is 2. The number of imidazole rings is 1. The van der Waals surface area contributed by atoms with E-state index >= 15 is 0 Å². The predicted octanol–water partition coefficient (Wildman–Crippen LogP) is 4.56. The van der Waals surface area contributed by atoms with Crippen LogP contribution < -0.4 is 5.32 Å². The van der Waals surface area contributed by atoms with Crippen LogP contribution in [0.2, 0.25) is 0 Å². The summed E-state index contributed by atoms with van der Waals surface area (Å²) in [4.78, 5) is 28.8. The Morgan fingerprint density at radius 2 is 1.85 bits per heavy atom. The summed E-state index contributed by atoms with van der Waals surface area (Å²) in [7, 11) is 0. The second-order valence-corrected chi connectivity index (χ2v) is 7.24. The van der Waals surface area contributed by atoms with Crippen LogP contribution in [0.1, 0.15) is 22.8 Å². The van der Waals surface area contributed by atoms with Gasteiger partial charge in [-0.15, -0.1) is 0 Å². The summed E-state index contributed by atoms with van der Waals surface area (Å²) in [6.07, 6.45) is 1.67. The molecule has 0 bridgehead atoms. The first-order valence-corrected chi connectivity index (χ1v) is 9.58. The molecule has 0 aliphatic rings. The van der Waals surface area contributed by atoms with Crippen LogP contribution in [-0.4, -0.2) is 27.1 Å². The number of thioether (sulfide) groups is 1. The molecule has 5 nitrogen and oxygen atoms in total. The minimum atomic E-state index is -0.136. The van der Waals surface area contributed by atoms with Crippen LogP contribution in [0.4, 0.5) is 5.69 Å². The highest BCUT2D eigenvalue weighted by atomic mass is 32.2. The van der Waals surface area contributed by atoms with Crippen molar-refractivity contribution in [2.45, 2.75) is 25.9 Å². The summed E-state index contributed by atoms with van der Waals surface area (Å²) >= 11 is 1.25. The number of hydrogen-bond acceptors (Lipinski definition) is 4. The van der Waals surface area contributed by atoms with E-state index < -0.39 is 0 Å². The van der Waals surface area contributed by atoms with Gasteiger partial charge in [0.25, 0.3) is 0 Å². The monoisotopic (exact) mass is 379 g/mol. The Labute approximate surface area is 162 Å². The highest BCUT2D eigenvalue weighted by Crippen LogP contribution is 2.26. The number of hydrogen-bond donors (Lipinski definition) is 1. The number of nitrogens with zero attached hydrogens (tertiary/aromatic N) is 2. The third kappa shape index (κ3) is 4.46. The van der Waals surface area contributed by atoms with Crippen molar-refractivity contribution < 1.29 is 9.59 Å². The fourth-order valence-corrected chi connectivity index (χ4v) is 3.64. The first kappa shape index (κ1) is 18.9. The summed E-state index contributed by atoms with van der Waals surface area (Å²) in [6, 6.07) is 15.5. The van der Waals surface area contributed by atoms with Crippen LogP contribution in [0.5, 0.6) is 0 Å². The van der Waals surface area contributed by atoms with Crippen molar-refractivity contribution in [2.24, 2.45) is 0 Å². The average Bonchev–Trinajstić information content (AvgIpc) is 3.07. The standard InChI is InChI=1S/C21H21N3O2S/c1-14-9-10-18(15(2)11-14)23-20(26)13-27-21-22-12-19(24(21)16(3)25)17-7-5-4-6-8-17/h4-12H,13H2,1-3H3,(H,23,26). The van der Waals surface area contributed by atoms with Gasteiger partial charge in [-0.1, -0.05) is 59.8 Å². The fourth-order valence-electron chi connectivity index (χ4n) is 2.82. The van der Waals surface area contributed by atoms with E-state index in [-0.39, 0.29) is 17.6 Å². The van der Waals surface area contributed by atoms with Gasteiger partial charge in [-0.25, -0.2) is 4.98 Å². The third-order valence-corrected chi connectivity index (χ3v) is 5.05. The summed E-state index contributed by atoms with van der Waals surface area (Å²) in [5.41, 5.74) is 4.60. The number of anilines is 1. The fraction of sp³-hybridized carbons (Fsp3) is 0.190. The largest absolute Gasteiger partial charge is 0.325 e. The van der Waals surface area contributed by atoms with Gasteiger partial charge in [0.2, 0.25) is 11.8 Å². The van der Waals surface area contributed by atoms with Gasteiger partial charge in [-0.2, -0.15) is 0 Å². The molecule has 6 heteroatoms. The molecule has 1 heterocycles. The van der Waals surface area contributed by atoms with Crippen molar-refractivity contribution in [3.63, 3.8) is 0 Å². The van der Waals surface area contributed by atoms with E-state index in [1.165, 1.54) is 18.7 Å². The Morgan fingerprint density at radius 3 is 2.52 bits per heavy atom. The SMILES string of the molecule is CC(=O)n1c(-c2ccccc2)cnc1SCC(=O)Nc1ccc(C)cc1C. The predicted molar refractivity (Wildman–Crippen MR) is 109 cm³/mol. The Morgan fingerprint density at radius 1 is 1.11 bits per heavy atom. The first-order chi connectivity index (χ1) is 13.0. The topological polar surface area (TPSA) is 64.0 Å². The van der Waals surface area contributed by atoms with Crippen LogP contribution in [0.3, 0.4) is 0 Å². The lowest BCUT2D eigenvalue weighted by molar-refractivity contribution is -0.113. The van der Waals surface area contributed by atoms with Gasteiger partial charge in [0, 0.05) is 18.2 Å². The lowest BCUT2D eigenvalue weighted by Crippen LogP contribution is -2.16. The van der Waals surface area contributed by atoms with Crippen LogP contribution in [0.25, 0.3) is 11.3 Å². The van der Waals surface area contributed by atoms with E-state index in [0.717, 1.165) is 28.1 Å². The van der Waals surface area contributed by atoms with Crippen molar-refractivity contribution in [3.05, 3.63) is 65.9 Å². The smallest absolute Gasteiger partial charge is 0.234 e. The second-order valence-electron chi connectivity index (χ2n) is 6.30. The minimum absolute atomic E-state index is 0.133. The number of aromatic nitrogens is 2. The Bertz CT molecular complexity index is 980. The van der Waals surface area contributed by atoms with E-state index in [4.69, 9.17) is 0 Å². The average molecular weight is 379 g/mol. The zero-order chi connectivity index (χ0) is 19.4. The van der Waals surface area contributed by atoms with Gasteiger partial charge in [-0.3, -0.25) is 14.2 Å². The van der Waals surface area contributed by atoms with E-state index in [2.05, 4.69) is 10.3 Å². The Kier molecular flexibility index (Phi) is 5.76. The number of rotatable bonds is 5. The molecule has 1 aromatic heterocycles. The number of aryl methyl sites for hydroxylation is 2. The molecule has 0 aliphatic carbocycles. The maximum absolute atomic E-state index is 12.3. The molecule has 3 aromatic rings. The molecule has 0 atom stereocenters. The molecule has 138 valence electrons. The quantitative estimate of drug-likeness (QED) is 0.660. The van der Waals surface area contributed by atoms with Gasteiger partial charge < -0.3 is 5.32 Å². The summed E-state index contributed by atoms with van der Waals surface area (Å²) in [6.45, 7) is 5.47. The zero-order valence-electron chi connectivity index (χ0n) is 15.5. The number of carbonyl (C=O) groups is 2. The number of nitrogens with one attached hydrogen (secondary N) is 1. The summed E-state index contributed by atoms with van der Waals surface area (Å²) < 4.78 is 1.55. The first-order valence-electron chi connectivity index (χ1n) is 8.59. The summed E-state index contributed by atoms with van der Waals surface area (Å²) in [5, 5.41) is 3.42. The van der Waals surface area contributed by atoms with Crippen molar-refractivity contribution in [1.82, 2.24) is 9.55 Å². The molecule has 0 radical (unpaired) electrons. The van der Waals surface area contributed by atoms with E-state index in [1.807, 2.05) is 62.4 Å². The Hall–Kier alpha value is -2.86. The highest BCUT2D eigenvalue weighted by Gasteiger charge is 2.16. The van der Waals surface area contributed by atoms with Crippen LogP contribution in [0, 0.1) is 13.8 Å². The van der Waals surface area contributed by atoms with E-state index in [0.29, 0.717) is 5.16 Å². The number of amides is 1. The molecular weight excluding hydrogens is 358 g/mol. The van der Waals surface area contributed by atoms with E-state index in [9.17, 15) is 9.59 Å². The van der Waals surface area contributed by atoms with Gasteiger partial charge in [0.1, 0.15) is 0 Å². The third-order valence-electron chi connectivity index (χ3n) is 4.10. The molecule has 27 heavy (non-hydrogen) atoms. The highest BCUT2D eigenvalue weighted by molar-refractivity contribution is 7.99. The van der Waals surface area contributed by atoms with Gasteiger partial charge >= 0.3 is 0 Å². The normalized spacial score (nSPS) is 10.6. The number of carbonyl (C=O) groups excluding carboxylic acids is 2. The molecule has 0 spiro atoms. The maximum Gasteiger partial charge on any atom is 0.234 e. The molecule has 0 saturated carbocycles.